The summed E-state index contributed by atoms with van der Waals surface area (Å²) in [6.45, 7) is 1.51. The van der Waals surface area contributed by atoms with E-state index in [9.17, 15) is 4.79 Å². The van der Waals surface area contributed by atoms with Gasteiger partial charge in [0.1, 0.15) is 0 Å². The Hall–Kier alpha value is -1.29. The molecule has 1 aliphatic heterocycles. The van der Waals surface area contributed by atoms with Crippen LogP contribution in [0.5, 0.6) is 0 Å². The SMILES string of the molecule is CC1C(=O)/C(=C\O)C(CO)=CN1C. The van der Waals surface area contributed by atoms with Gasteiger partial charge in [-0.3, -0.25) is 4.79 Å². The second-order valence-corrected chi connectivity index (χ2v) is 3.06. The number of aliphatic hydroxyl groups excluding tert-OH is 2. The zero-order chi connectivity index (χ0) is 10.0. The lowest BCUT2D eigenvalue weighted by Crippen LogP contribution is -2.38. The number of likely N-dealkylation sites (N-methyl/N-ethyl adjacent to an activating group) is 1. The fourth-order valence-electron chi connectivity index (χ4n) is 1.27. The Bertz CT molecular complexity index is 281. The molecule has 13 heavy (non-hydrogen) atoms. The number of carbonyl (C=O) groups is 1. The van der Waals surface area contributed by atoms with Crippen LogP contribution in [0.15, 0.2) is 23.6 Å². The number of hydrogen-bond donors (Lipinski definition) is 2. The highest BCUT2D eigenvalue weighted by Gasteiger charge is 2.27. The van der Waals surface area contributed by atoms with Crippen LogP contribution in [0.1, 0.15) is 6.92 Å². The van der Waals surface area contributed by atoms with Crippen LogP contribution >= 0.6 is 0 Å². The van der Waals surface area contributed by atoms with Crippen molar-refractivity contribution in [2.24, 2.45) is 0 Å². The van der Waals surface area contributed by atoms with E-state index < -0.39 is 0 Å². The van der Waals surface area contributed by atoms with Gasteiger partial charge in [-0.1, -0.05) is 0 Å². The number of carbonyl (C=O) groups excluding carboxylic acids is 1. The van der Waals surface area contributed by atoms with Crippen LogP contribution in [-0.4, -0.2) is 40.6 Å². The number of rotatable bonds is 1. The van der Waals surface area contributed by atoms with Crippen molar-refractivity contribution in [2.45, 2.75) is 13.0 Å². The maximum absolute atomic E-state index is 11.5. The molecule has 2 N–H and O–H groups in total. The second kappa shape index (κ2) is 3.62. The molecule has 0 spiro atoms. The van der Waals surface area contributed by atoms with E-state index in [0.717, 1.165) is 6.26 Å². The first-order valence-corrected chi connectivity index (χ1v) is 4.04. The minimum atomic E-state index is -0.284. The van der Waals surface area contributed by atoms with Crippen molar-refractivity contribution >= 4 is 5.78 Å². The largest absolute Gasteiger partial charge is 0.515 e. The van der Waals surface area contributed by atoms with Crippen LogP contribution in [0.3, 0.4) is 0 Å². The highest BCUT2D eigenvalue weighted by atomic mass is 16.3. The van der Waals surface area contributed by atoms with Crippen LogP contribution < -0.4 is 0 Å². The Labute approximate surface area is 76.8 Å². The third-order valence-corrected chi connectivity index (χ3v) is 2.26. The first-order chi connectivity index (χ1) is 6.11. The number of ketones is 1. The summed E-state index contributed by atoms with van der Waals surface area (Å²) in [7, 11) is 1.76. The summed E-state index contributed by atoms with van der Waals surface area (Å²) in [5, 5.41) is 17.7. The molecular weight excluding hydrogens is 170 g/mol. The quantitative estimate of drug-likeness (QED) is 0.450. The zero-order valence-corrected chi connectivity index (χ0v) is 7.69. The maximum atomic E-state index is 11.5. The molecule has 0 aromatic rings. The van der Waals surface area contributed by atoms with Gasteiger partial charge < -0.3 is 15.1 Å². The summed E-state index contributed by atoms with van der Waals surface area (Å²) in [4.78, 5) is 13.2. The van der Waals surface area contributed by atoms with Crippen molar-refractivity contribution in [1.29, 1.82) is 0 Å². The van der Waals surface area contributed by atoms with E-state index >= 15 is 0 Å². The van der Waals surface area contributed by atoms with Gasteiger partial charge in [0, 0.05) is 18.8 Å². The highest BCUT2D eigenvalue weighted by molar-refractivity contribution is 6.03. The van der Waals surface area contributed by atoms with Crippen LogP contribution in [0.2, 0.25) is 0 Å². The monoisotopic (exact) mass is 183 g/mol. The fourth-order valence-corrected chi connectivity index (χ4v) is 1.27. The Kier molecular flexibility index (Phi) is 2.72. The molecular formula is C9H13NO3. The Morgan fingerprint density at radius 2 is 2.31 bits per heavy atom. The first kappa shape index (κ1) is 9.80. The molecule has 0 saturated carbocycles. The predicted octanol–water partition coefficient (Wildman–Crippen LogP) is 0.208. The lowest BCUT2D eigenvalue weighted by Gasteiger charge is -2.29. The van der Waals surface area contributed by atoms with Crippen LogP contribution in [0.4, 0.5) is 0 Å². The Morgan fingerprint density at radius 1 is 1.69 bits per heavy atom. The average Bonchev–Trinajstić information content (AvgIpc) is 2.13. The predicted molar refractivity (Wildman–Crippen MR) is 48.1 cm³/mol. The van der Waals surface area contributed by atoms with Crippen molar-refractivity contribution in [2.75, 3.05) is 13.7 Å². The van der Waals surface area contributed by atoms with Gasteiger partial charge in [-0.2, -0.15) is 0 Å². The molecule has 0 aromatic carbocycles. The second-order valence-electron chi connectivity index (χ2n) is 3.06. The molecule has 0 amide bonds. The van der Waals surface area contributed by atoms with E-state index in [1.807, 2.05) is 0 Å². The molecule has 1 heterocycles. The maximum Gasteiger partial charge on any atom is 0.188 e. The topological polar surface area (TPSA) is 60.8 Å². The molecule has 0 aliphatic carbocycles. The van der Waals surface area contributed by atoms with Gasteiger partial charge in [0.15, 0.2) is 5.78 Å². The van der Waals surface area contributed by atoms with Gasteiger partial charge >= 0.3 is 0 Å². The Morgan fingerprint density at radius 3 is 2.77 bits per heavy atom. The number of nitrogens with zero attached hydrogens (tertiary/aromatic N) is 1. The smallest absolute Gasteiger partial charge is 0.188 e. The van der Waals surface area contributed by atoms with Crippen LogP contribution in [0.25, 0.3) is 0 Å². The molecule has 1 atom stereocenters. The van der Waals surface area contributed by atoms with Gasteiger partial charge in [-0.15, -0.1) is 0 Å². The summed E-state index contributed by atoms with van der Waals surface area (Å²) in [5.41, 5.74) is 0.654. The normalized spacial score (nSPS) is 26.5. The van der Waals surface area contributed by atoms with Gasteiger partial charge in [0.2, 0.25) is 0 Å². The standard InChI is InChI=1S/C9H13NO3/c1-6-9(13)8(5-12)7(4-11)3-10(6)2/h3,5-6,11-12H,4H2,1-2H3/b8-5-. The van der Waals surface area contributed by atoms with Crippen molar-refractivity contribution in [1.82, 2.24) is 4.90 Å². The molecule has 0 fully saturated rings. The molecule has 0 aromatic heterocycles. The molecule has 0 bridgehead atoms. The number of Topliss-reactive ketones (excluding diaryl/α,β-unsaturated/α-hetero) is 1. The van der Waals surface area contributed by atoms with E-state index in [4.69, 9.17) is 10.2 Å². The highest BCUT2D eigenvalue weighted by Crippen LogP contribution is 2.20. The fraction of sp³-hybridized carbons (Fsp3) is 0.444. The van der Waals surface area contributed by atoms with Gasteiger partial charge in [-0.05, 0) is 6.92 Å². The minimum absolute atomic E-state index is 0.170. The third kappa shape index (κ3) is 1.58. The van der Waals surface area contributed by atoms with Crippen molar-refractivity contribution in [3.63, 3.8) is 0 Å². The molecule has 0 saturated heterocycles. The van der Waals surface area contributed by atoms with Crippen molar-refractivity contribution in [3.05, 3.63) is 23.6 Å². The van der Waals surface area contributed by atoms with Crippen molar-refractivity contribution < 1.29 is 15.0 Å². The number of hydrogen-bond acceptors (Lipinski definition) is 4. The average molecular weight is 183 g/mol. The summed E-state index contributed by atoms with van der Waals surface area (Å²) in [5.74, 6) is -0.170. The lowest BCUT2D eigenvalue weighted by atomic mass is 9.95. The van der Waals surface area contributed by atoms with Gasteiger partial charge in [0.25, 0.3) is 0 Å². The zero-order valence-electron chi connectivity index (χ0n) is 7.69. The van der Waals surface area contributed by atoms with E-state index in [0.29, 0.717) is 5.57 Å². The Balaban J connectivity index is 3.09. The van der Waals surface area contributed by atoms with E-state index in [-0.39, 0.29) is 24.0 Å². The molecule has 4 heteroatoms. The first-order valence-electron chi connectivity index (χ1n) is 4.04. The minimum Gasteiger partial charge on any atom is -0.515 e. The summed E-state index contributed by atoms with van der Waals surface area (Å²) >= 11 is 0. The molecule has 4 nitrogen and oxygen atoms in total. The van der Waals surface area contributed by atoms with E-state index in [1.165, 1.54) is 0 Å². The molecule has 1 aliphatic rings. The van der Waals surface area contributed by atoms with Crippen LogP contribution in [-0.2, 0) is 4.79 Å². The summed E-state index contributed by atoms with van der Waals surface area (Å²) < 4.78 is 0. The van der Waals surface area contributed by atoms with Gasteiger partial charge in [0.05, 0.1) is 24.5 Å². The molecule has 0 radical (unpaired) electrons. The van der Waals surface area contributed by atoms with Crippen LogP contribution in [0, 0.1) is 0 Å². The lowest BCUT2D eigenvalue weighted by molar-refractivity contribution is -0.119. The van der Waals surface area contributed by atoms with Gasteiger partial charge in [-0.25, -0.2) is 0 Å². The molecule has 1 unspecified atom stereocenters. The number of aliphatic hydroxyl groups is 2. The third-order valence-electron chi connectivity index (χ3n) is 2.26. The molecule has 72 valence electrons. The van der Waals surface area contributed by atoms with E-state index in [1.54, 1.807) is 25.1 Å². The summed E-state index contributed by atoms with van der Waals surface area (Å²) in [6.07, 6.45) is 2.42. The summed E-state index contributed by atoms with van der Waals surface area (Å²) in [6, 6.07) is -0.284. The van der Waals surface area contributed by atoms with E-state index in [2.05, 4.69) is 0 Å². The van der Waals surface area contributed by atoms with Crippen molar-refractivity contribution in [3.8, 4) is 0 Å². The molecule has 1 rings (SSSR count).